The first kappa shape index (κ1) is 19.4. The summed E-state index contributed by atoms with van der Waals surface area (Å²) >= 11 is 0. The largest absolute Gasteiger partial charge is 0.497 e. The van der Waals surface area contributed by atoms with Crippen LogP contribution in [0.4, 0.5) is 11.6 Å². The smallest absolute Gasteiger partial charge is 0.229 e. The van der Waals surface area contributed by atoms with Crippen molar-refractivity contribution in [1.82, 2.24) is 19.7 Å². The maximum Gasteiger partial charge on any atom is 0.229 e. The van der Waals surface area contributed by atoms with Gasteiger partial charge in [0.15, 0.2) is 5.82 Å². The van der Waals surface area contributed by atoms with E-state index in [9.17, 15) is 0 Å². The molecule has 152 valence electrons. The molecule has 0 radical (unpaired) electrons. The molecule has 0 bridgehead atoms. The summed E-state index contributed by atoms with van der Waals surface area (Å²) in [5.41, 5.74) is 4.96. The van der Waals surface area contributed by atoms with E-state index in [1.807, 2.05) is 68.6 Å². The minimum atomic E-state index is 0.485. The third kappa shape index (κ3) is 3.96. The van der Waals surface area contributed by atoms with Gasteiger partial charge < -0.3 is 14.8 Å². The summed E-state index contributed by atoms with van der Waals surface area (Å²) in [7, 11) is 3.32. The average Bonchev–Trinajstić information content (AvgIpc) is 3.27. The zero-order chi connectivity index (χ0) is 21.1. The molecule has 0 atom stereocenters. The van der Waals surface area contributed by atoms with Crippen LogP contribution in [0.5, 0.6) is 11.5 Å². The topological polar surface area (TPSA) is 74.1 Å². The van der Waals surface area contributed by atoms with Crippen LogP contribution in [0.1, 0.15) is 11.1 Å². The monoisotopic (exact) mass is 401 g/mol. The van der Waals surface area contributed by atoms with E-state index in [0.717, 1.165) is 39.6 Å². The molecule has 30 heavy (non-hydrogen) atoms. The van der Waals surface area contributed by atoms with Gasteiger partial charge in [-0.1, -0.05) is 0 Å². The molecule has 0 saturated carbocycles. The lowest BCUT2D eigenvalue weighted by molar-refractivity contribution is 0.411. The van der Waals surface area contributed by atoms with Gasteiger partial charge in [0.2, 0.25) is 5.95 Å². The van der Waals surface area contributed by atoms with Gasteiger partial charge in [-0.2, -0.15) is 10.1 Å². The fourth-order valence-electron chi connectivity index (χ4n) is 3.14. The van der Waals surface area contributed by atoms with Crippen LogP contribution in [0.25, 0.3) is 17.1 Å². The van der Waals surface area contributed by atoms with Gasteiger partial charge in [0, 0.05) is 35.8 Å². The fraction of sp³-hybridized carbons (Fsp3) is 0.174. The molecule has 1 N–H and O–H groups in total. The van der Waals surface area contributed by atoms with Crippen molar-refractivity contribution in [2.75, 3.05) is 19.5 Å². The number of nitrogens with zero attached hydrogens (tertiary/aromatic N) is 4. The molecular formula is C23H23N5O2. The molecule has 0 aliphatic heterocycles. The highest BCUT2D eigenvalue weighted by Crippen LogP contribution is 2.27. The van der Waals surface area contributed by atoms with Gasteiger partial charge in [-0.25, -0.2) is 9.67 Å². The normalized spacial score (nSPS) is 10.7. The molecule has 0 aliphatic carbocycles. The van der Waals surface area contributed by atoms with Gasteiger partial charge in [-0.15, -0.1) is 0 Å². The van der Waals surface area contributed by atoms with Crippen LogP contribution in [0.3, 0.4) is 0 Å². The molecule has 7 nitrogen and oxygen atoms in total. The second-order valence-electron chi connectivity index (χ2n) is 6.86. The Balaban J connectivity index is 1.58. The molecule has 0 spiro atoms. The van der Waals surface area contributed by atoms with E-state index in [4.69, 9.17) is 9.47 Å². The minimum Gasteiger partial charge on any atom is -0.497 e. The lowest BCUT2D eigenvalue weighted by atomic mass is 10.1. The van der Waals surface area contributed by atoms with Gasteiger partial charge in [0.1, 0.15) is 11.5 Å². The highest BCUT2D eigenvalue weighted by Gasteiger charge is 2.09. The van der Waals surface area contributed by atoms with Crippen LogP contribution >= 0.6 is 0 Å². The molecule has 4 rings (SSSR count). The van der Waals surface area contributed by atoms with Gasteiger partial charge >= 0.3 is 0 Å². The standard InChI is InChI=1S/C23H23N5O2/c1-15-13-18(14-21(30-4)16(15)2)25-23-24-11-9-22(26-23)28-12-10-20(27-28)17-5-7-19(29-3)8-6-17/h5-14H,1-4H3,(H,24,25,26). The molecule has 0 amide bonds. The first-order chi connectivity index (χ1) is 14.6. The molecule has 0 unspecified atom stereocenters. The van der Waals surface area contributed by atoms with E-state index >= 15 is 0 Å². The Hall–Kier alpha value is -3.87. The molecule has 2 heterocycles. The van der Waals surface area contributed by atoms with Crippen molar-refractivity contribution < 1.29 is 9.47 Å². The van der Waals surface area contributed by atoms with E-state index < -0.39 is 0 Å². The number of hydrogen-bond donors (Lipinski definition) is 1. The average molecular weight is 401 g/mol. The maximum atomic E-state index is 5.45. The maximum absolute atomic E-state index is 5.45. The molecule has 2 aromatic carbocycles. The minimum absolute atomic E-state index is 0.485. The Morgan fingerprint density at radius 2 is 1.73 bits per heavy atom. The van der Waals surface area contributed by atoms with E-state index in [1.165, 1.54) is 0 Å². The zero-order valence-corrected chi connectivity index (χ0v) is 17.4. The molecule has 7 heteroatoms. The van der Waals surface area contributed by atoms with Crippen LogP contribution < -0.4 is 14.8 Å². The summed E-state index contributed by atoms with van der Waals surface area (Å²) in [5, 5.41) is 7.90. The first-order valence-electron chi connectivity index (χ1n) is 9.53. The van der Waals surface area contributed by atoms with Crippen molar-refractivity contribution in [3.05, 3.63) is 72.1 Å². The lowest BCUT2D eigenvalue weighted by Crippen LogP contribution is -2.04. The van der Waals surface area contributed by atoms with Crippen LogP contribution in [0.2, 0.25) is 0 Å². The lowest BCUT2D eigenvalue weighted by Gasteiger charge is -2.12. The quantitative estimate of drug-likeness (QED) is 0.504. The number of aromatic nitrogens is 4. The number of rotatable bonds is 6. The molecule has 0 fully saturated rings. The summed E-state index contributed by atoms with van der Waals surface area (Å²) in [4.78, 5) is 8.93. The van der Waals surface area contributed by atoms with E-state index in [2.05, 4.69) is 20.4 Å². The first-order valence-corrected chi connectivity index (χ1v) is 9.53. The molecular weight excluding hydrogens is 378 g/mol. The summed E-state index contributed by atoms with van der Waals surface area (Å²) in [6, 6.07) is 15.5. The van der Waals surface area contributed by atoms with Crippen molar-refractivity contribution in [1.29, 1.82) is 0 Å². The Morgan fingerprint density at radius 3 is 2.47 bits per heavy atom. The number of hydrogen-bond acceptors (Lipinski definition) is 6. The van der Waals surface area contributed by atoms with Gasteiger partial charge in [-0.3, -0.25) is 0 Å². The van der Waals surface area contributed by atoms with Crippen molar-refractivity contribution in [2.45, 2.75) is 13.8 Å². The predicted octanol–water partition coefficient (Wildman–Crippen LogP) is 4.71. The van der Waals surface area contributed by atoms with Gasteiger partial charge in [-0.05, 0) is 61.4 Å². The Morgan fingerprint density at radius 1 is 0.933 bits per heavy atom. The fourth-order valence-corrected chi connectivity index (χ4v) is 3.14. The second-order valence-corrected chi connectivity index (χ2v) is 6.86. The number of ether oxygens (including phenoxy) is 2. The third-order valence-electron chi connectivity index (χ3n) is 4.95. The highest BCUT2D eigenvalue weighted by molar-refractivity contribution is 5.61. The zero-order valence-electron chi connectivity index (χ0n) is 17.4. The number of benzene rings is 2. The van der Waals surface area contributed by atoms with Crippen LogP contribution in [0.15, 0.2) is 60.9 Å². The SMILES string of the molecule is COc1ccc(-c2ccn(-c3ccnc(Nc4cc(C)c(C)c(OC)c4)n3)n2)cc1. The van der Waals surface area contributed by atoms with Crippen molar-refractivity contribution in [3.63, 3.8) is 0 Å². The van der Waals surface area contributed by atoms with Crippen LogP contribution in [0, 0.1) is 13.8 Å². The number of nitrogens with one attached hydrogen (secondary N) is 1. The summed E-state index contributed by atoms with van der Waals surface area (Å²) < 4.78 is 12.4. The highest BCUT2D eigenvalue weighted by atomic mass is 16.5. The van der Waals surface area contributed by atoms with Crippen LogP contribution in [-0.4, -0.2) is 34.0 Å². The molecule has 0 saturated heterocycles. The number of methoxy groups -OCH3 is 2. The van der Waals surface area contributed by atoms with Crippen LogP contribution in [-0.2, 0) is 0 Å². The van der Waals surface area contributed by atoms with Crippen molar-refractivity contribution >= 4 is 11.6 Å². The number of anilines is 2. The summed E-state index contributed by atoms with van der Waals surface area (Å²) in [6.45, 7) is 4.08. The van der Waals surface area contributed by atoms with E-state index in [0.29, 0.717) is 11.8 Å². The molecule has 0 aliphatic rings. The van der Waals surface area contributed by atoms with Gasteiger partial charge in [0.05, 0.1) is 19.9 Å². The Labute approximate surface area is 175 Å². The van der Waals surface area contributed by atoms with Crippen molar-refractivity contribution in [2.24, 2.45) is 0 Å². The summed E-state index contributed by atoms with van der Waals surface area (Å²) in [6.07, 6.45) is 3.59. The molecule has 4 aromatic rings. The second kappa shape index (κ2) is 8.24. The van der Waals surface area contributed by atoms with E-state index in [-0.39, 0.29) is 0 Å². The Bertz CT molecular complexity index is 1170. The Kier molecular flexibility index (Phi) is 5.34. The summed E-state index contributed by atoms with van der Waals surface area (Å²) in [5.74, 6) is 2.79. The third-order valence-corrected chi connectivity index (χ3v) is 4.95. The van der Waals surface area contributed by atoms with Gasteiger partial charge in [0.25, 0.3) is 0 Å². The number of aryl methyl sites for hydroxylation is 1. The van der Waals surface area contributed by atoms with E-state index in [1.54, 1.807) is 25.1 Å². The van der Waals surface area contributed by atoms with Crippen molar-refractivity contribution in [3.8, 4) is 28.6 Å². The predicted molar refractivity (Wildman–Crippen MR) is 117 cm³/mol. The molecule has 2 aromatic heterocycles.